The van der Waals surface area contributed by atoms with Crippen LogP contribution in [0.25, 0.3) is 0 Å². The molecule has 0 radical (unpaired) electrons. The highest BCUT2D eigenvalue weighted by molar-refractivity contribution is 5.01. The number of rotatable bonds is 0. The van der Waals surface area contributed by atoms with Crippen molar-refractivity contribution in [2.75, 3.05) is 26.2 Å². The molecule has 224 valence electrons. The van der Waals surface area contributed by atoms with Crippen molar-refractivity contribution >= 4 is 0 Å². The Bertz CT molecular complexity index is 695. The fraction of sp³-hybridized carbons (Fsp3) is 0.778. The highest BCUT2D eigenvalue weighted by atomic mass is 14.9. The lowest BCUT2D eigenvalue weighted by Gasteiger charge is -2.10. The molecule has 8 aliphatic rings. The number of hydrogen-bond donors (Lipinski definition) is 4. The highest BCUT2D eigenvalue weighted by Gasteiger charge is 2.20. The second kappa shape index (κ2) is 17.0. The van der Waals surface area contributed by atoms with E-state index in [0.717, 1.165) is 35.8 Å². The van der Waals surface area contributed by atoms with Crippen molar-refractivity contribution in [2.24, 2.45) is 23.7 Å². The van der Waals surface area contributed by atoms with Gasteiger partial charge in [0.15, 0.2) is 0 Å². The van der Waals surface area contributed by atoms with Gasteiger partial charge in [-0.2, -0.15) is 0 Å². The smallest absolute Gasteiger partial charge is 0.0250 e. The maximum atomic E-state index is 3.58. The second-order valence-electron chi connectivity index (χ2n) is 13.9. The van der Waals surface area contributed by atoms with E-state index in [4.69, 9.17) is 0 Å². The molecule has 4 fully saturated rings. The first-order chi connectivity index (χ1) is 19.8. The van der Waals surface area contributed by atoms with Crippen molar-refractivity contribution in [3.05, 3.63) is 48.6 Å². The van der Waals surface area contributed by atoms with Gasteiger partial charge in [0.25, 0.3) is 0 Å². The molecule has 0 aliphatic carbocycles. The first-order valence-corrected chi connectivity index (χ1v) is 17.4. The van der Waals surface area contributed by atoms with Gasteiger partial charge >= 0.3 is 0 Å². The summed E-state index contributed by atoms with van der Waals surface area (Å²) in [6.45, 7) is 4.94. The molecular weight excluding hydrogens is 488 g/mol. The summed E-state index contributed by atoms with van der Waals surface area (Å²) < 4.78 is 0. The number of hydrogen-bond acceptors (Lipinski definition) is 4. The lowest BCUT2D eigenvalue weighted by atomic mass is 9.97. The van der Waals surface area contributed by atoms with Crippen molar-refractivity contribution < 1.29 is 0 Å². The van der Waals surface area contributed by atoms with Crippen LogP contribution in [0.1, 0.15) is 103 Å². The number of nitrogens with one attached hydrogen (secondary N) is 4. The first-order valence-electron chi connectivity index (χ1n) is 17.4. The summed E-state index contributed by atoms with van der Waals surface area (Å²) in [7, 11) is 0. The standard InChI is InChI=1S/4C9H15N/c4*1-3-8-4-2-6-9(5-1)10-7-8/h2*1,5,8-10H,2-4,6-7H2;2*1,3,8-10H,2,4-7H2. The maximum Gasteiger partial charge on any atom is 0.0250 e. The van der Waals surface area contributed by atoms with Crippen LogP contribution >= 0.6 is 0 Å². The van der Waals surface area contributed by atoms with Crippen LogP contribution in [0, 0.1) is 23.7 Å². The topological polar surface area (TPSA) is 48.1 Å². The molecule has 0 amide bonds. The minimum absolute atomic E-state index is 0.701. The van der Waals surface area contributed by atoms with Gasteiger partial charge in [0, 0.05) is 37.3 Å². The van der Waals surface area contributed by atoms with Crippen molar-refractivity contribution in [1.82, 2.24) is 21.3 Å². The minimum Gasteiger partial charge on any atom is -0.313 e. The summed E-state index contributed by atoms with van der Waals surface area (Å²) in [5, 5.41) is 14.3. The molecule has 8 unspecified atom stereocenters. The van der Waals surface area contributed by atoms with E-state index in [-0.39, 0.29) is 0 Å². The predicted molar refractivity (Wildman–Crippen MR) is 172 cm³/mol. The Kier molecular flexibility index (Phi) is 12.9. The lowest BCUT2D eigenvalue weighted by molar-refractivity contribution is 0.488. The van der Waals surface area contributed by atoms with Gasteiger partial charge in [-0.1, -0.05) is 74.3 Å². The van der Waals surface area contributed by atoms with Gasteiger partial charge in [0.1, 0.15) is 0 Å². The number of allylic oxidation sites excluding steroid dienone is 2. The molecule has 40 heavy (non-hydrogen) atoms. The Hall–Kier alpha value is -1.20. The van der Waals surface area contributed by atoms with Gasteiger partial charge in [0.2, 0.25) is 0 Å². The molecule has 0 aromatic heterocycles. The molecule has 0 aromatic carbocycles. The molecule has 4 heteroatoms. The van der Waals surface area contributed by atoms with Gasteiger partial charge in [-0.15, -0.1) is 0 Å². The monoisotopic (exact) mass is 548 g/mol. The molecule has 8 heterocycles. The van der Waals surface area contributed by atoms with Crippen LogP contribution in [0.15, 0.2) is 48.6 Å². The summed E-state index contributed by atoms with van der Waals surface area (Å²) in [4.78, 5) is 0. The summed E-state index contributed by atoms with van der Waals surface area (Å²) in [6, 6.07) is 2.99. The third-order valence-electron chi connectivity index (χ3n) is 10.5. The van der Waals surface area contributed by atoms with E-state index in [0.29, 0.717) is 12.1 Å². The highest BCUT2D eigenvalue weighted by Crippen LogP contribution is 2.24. The summed E-state index contributed by atoms with van der Waals surface area (Å²) in [5.41, 5.74) is 0. The Morgan fingerprint density at radius 2 is 0.825 bits per heavy atom. The van der Waals surface area contributed by atoms with E-state index < -0.39 is 0 Å². The van der Waals surface area contributed by atoms with Gasteiger partial charge in [0.05, 0.1) is 0 Å². The summed E-state index contributed by atoms with van der Waals surface area (Å²) in [6.07, 6.45) is 40.9. The summed E-state index contributed by atoms with van der Waals surface area (Å²) >= 11 is 0. The molecule has 8 aliphatic heterocycles. The van der Waals surface area contributed by atoms with Crippen LogP contribution in [0.3, 0.4) is 0 Å². The molecule has 8 atom stereocenters. The molecule has 4 saturated heterocycles. The van der Waals surface area contributed by atoms with E-state index in [1.165, 1.54) is 129 Å². The predicted octanol–water partition coefficient (Wildman–Crippen LogP) is 6.82. The average molecular weight is 549 g/mol. The number of fused-ring (bicyclic) bond motifs is 12. The van der Waals surface area contributed by atoms with Crippen molar-refractivity contribution in [3.63, 3.8) is 0 Å². The van der Waals surface area contributed by atoms with Crippen LogP contribution in [-0.2, 0) is 0 Å². The molecule has 4 nitrogen and oxygen atoms in total. The largest absolute Gasteiger partial charge is 0.313 e. The SMILES string of the molecule is C1=CC2CCCC(C1)CN2.C1=CC2CCCC(C1)CN2.C1=CC2CCCC(C1)NC2.C1=CC2CCCC(C1)NC2. The third-order valence-corrected chi connectivity index (χ3v) is 10.5. The zero-order valence-corrected chi connectivity index (χ0v) is 25.4. The summed E-state index contributed by atoms with van der Waals surface area (Å²) in [5.74, 6) is 3.55. The molecule has 8 rings (SSSR count). The Balaban J connectivity index is 0.000000108. The molecule has 0 aromatic rings. The molecule has 4 N–H and O–H groups in total. The van der Waals surface area contributed by atoms with Crippen molar-refractivity contribution in [2.45, 2.75) is 127 Å². The van der Waals surface area contributed by atoms with E-state index in [1.807, 2.05) is 0 Å². The van der Waals surface area contributed by atoms with E-state index in [1.54, 1.807) is 0 Å². The Morgan fingerprint density at radius 1 is 0.375 bits per heavy atom. The molecule has 0 spiro atoms. The lowest BCUT2D eigenvalue weighted by Crippen LogP contribution is -2.28. The van der Waals surface area contributed by atoms with Crippen LogP contribution in [0.2, 0.25) is 0 Å². The van der Waals surface area contributed by atoms with Gasteiger partial charge in [-0.25, -0.2) is 0 Å². The van der Waals surface area contributed by atoms with Gasteiger partial charge < -0.3 is 21.3 Å². The van der Waals surface area contributed by atoms with Crippen LogP contribution in [0.4, 0.5) is 0 Å². The quantitative estimate of drug-likeness (QED) is 0.251. The zero-order valence-electron chi connectivity index (χ0n) is 25.4. The fourth-order valence-electron chi connectivity index (χ4n) is 7.80. The van der Waals surface area contributed by atoms with Crippen molar-refractivity contribution in [3.8, 4) is 0 Å². The van der Waals surface area contributed by atoms with Gasteiger partial charge in [-0.3, -0.25) is 0 Å². The van der Waals surface area contributed by atoms with E-state index in [2.05, 4.69) is 69.9 Å². The molecular formula is C36H60N4. The molecule has 0 saturated carbocycles. The van der Waals surface area contributed by atoms with E-state index in [9.17, 15) is 0 Å². The average Bonchev–Trinajstić information content (AvgIpc) is 3.63. The van der Waals surface area contributed by atoms with E-state index >= 15 is 0 Å². The Labute approximate surface area is 246 Å². The minimum atomic E-state index is 0.701. The van der Waals surface area contributed by atoms with Crippen LogP contribution in [-0.4, -0.2) is 50.3 Å². The van der Waals surface area contributed by atoms with Crippen LogP contribution < -0.4 is 21.3 Å². The van der Waals surface area contributed by atoms with Gasteiger partial charge in [-0.05, 0) is 114 Å². The fourth-order valence-corrected chi connectivity index (χ4v) is 7.80. The Morgan fingerprint density at radius 3 is 1.32 bits per heavy atom. The second-order valence-corrected chi connectivity index (χ2v) is 13.9. The first kappa shape index (κ1) is 30.3. The molecule has 8 bridgehead atoms. The zero-order chi connectivity index (χ0) is 27.2. The van der Waals surface area contributed by atoms with Crippen LogP contribution in [0.5, 0.6) is 0 Å². The third kappa shape index (κ3) is 10.6. The van der Waals surface area contributed by atoms with Crippen molar-refractivity contribution in [1.29, 1.82) is 0 Å². The maximum absolute atomic E-state index is 3.58. The normalized spacial score (nSPS) is 39.2.